The first kappa shape index (κ1) is 28.2. The van der Waals surface area contributed by atoms with Crippen LogP contribution in [0.3, 0.4) is 0 Å². The van der Waals surface area contributed by atoms with E-state index in [-0.39, 0.29) is 38.2 Å². The Hall–Kier alpha value is -2.35. The van der Waals surface area contributed by atoms with Crippen molar-refractivity contribution in [2.75, 3.05) is 19.8 Å². The van der Waals surface area contributed by atoms with Crippen LogP contribution in [0.1, 0.15) is 46.0 Å². The van der Waals surface area contributed by atoms with Crippen molar-refractivity contribution in [3.05, 3.63) is 0 Å². The van der Waals surface area contributed by atoms with Crippen molar-refractivity contribution in [1.82, 2.24) is 16.0 Å². The average Bonchev–Trinajstić information content (AvgIpc) is 3.44. The van der Waals surface area contributed by atoms with Crippen LogP contribution in [0.15, 0.2) is 0 Å². The Bertz CT molecular complexity index is 875. The van der Waals surface area contributed by atoms with E-state index in [0.717, 1.165) is 0 Å². The van der Waals surface area contributed by atoms with Crippen LogP contribution in [0.25, 0.3) is 0 Å². The molecule has 0 aromatic rings. The fraction of sp³-hybridized carbons (Fsp3) is 0.818. The van der Waals surface area contributed by atoms with Crippen molar-refractivity contribution in [2.45, 2.75) is 76.4 Å². The fourth-order valence-corrected chi connectivity index (χ4v) is 4.96. The number of hydrogen-bond acceptors (Lipinski definition) is 6. The maximum absolute atomic E-state index is 13.3. The van der Waals surface area contributed by atoms with Gasteiger partial charge in [-0.05, 0) is 38.0 Å². The summed E-state index contributed by atoms with van der Waals surface area (Å²) in [4.78, 5) is 50.4. The molecular formula is C22H30F5N3O6. The van der Waals surface area contributed by atoms with Gasteiger partial charge in [0.15, 0.2) is 5.78 Å². The lowest BCUT2D eigenvalue weighted by atomic mass is 9.62. The zero-order valence-corrected chi connectivity index (χ0v) is 19.9. The van der Waals surface area contributed by atoms with E-state index in [0.29, 0.717) is 13.0 Å². The number of halogens is 5. The van der Waals surface area contributed by atoms with Gasteiger partial charge in [0.05, 0.1) is 18.1 Å². The van der Waals surface area contributed by atoms with Gasteiger partial charge >= 0.3 is 6.36 Å². The van der Waals surface area contributed by atoms with Crippen LogP contribution in [0.5, 0.6) is 0 Å². The molecule has 2 unspecified atom stereocenters. The number of ketones is 1. The molecule has 4 aliphatic rings. The summed E-state index contributed by atoms with van der Waals surface area (Å²) in [5.74, 6) is -3.91. The van der Waals surface area contributed by atoms with E-state index < -0.39 is 71.9 Å². The minimum Gasteiger partial charge on any atom is -0.364 e. The molecule has 204 valence electrons. The van der Waals surface area contributed by atoms with Crippen LogP contribution >= 0.6 is 0 Å². The molecule has 36 heavy (non-hydrogen) atoms. The Labute approximate surface area is 204 Å². The van der Waals surface area contributed by atoms with E-state index in [1.54, 1.807) is 13.8 Å². The van der Waals surface area contributed by atoms with Gasteiger partial charge < -0.3 is 20.7 Å². The molecule has 9 nitrogen and oxygen atoms in total. The molecule has 3 amide bonds. The molecule has 3 aliphatic heterocycles. The zero-order valence-electron chi connectivity index (χ0n) is 19.9. The van der Waals surface area contributed by atoms with Crippen LogP contribution in [-0.2, 0) is 28.7 Å². The quantitative estimate of drug-likeness (QED) is 0.330. The topological polar surface area (TPSA) is 123 Å². The highest BCUT2D eigenvalue weighted by Gasteiger charge is 2.70. The number of fused-ring (bicyclic) bond motifs is 1. The highest BCUT2D eigenvalue weighted by Crippen LogP contribution is 2.60. The largest absolute Gasteiger partial charge is 0.522 e. The summed E-state index contributed by atoms with van der Waals surface area (Å²) < 4.78 is 72.9. The van der Waals surface area contributed by atoms with E-state index >= 15 is 0 Å². The summed E-state index contributed by atoms with van der Waals surface area (Å²) in [6.45, 7) is 2.19. The van der Waals surface area contributed by atoms with Crippen LogP contribution in [0.2, 0.25) is 0 Å². The van der Waals surface area contributed by atoms with Gasteiger partial charge in [-0.3, -0.25) is 23.9 Å². The normalized spacial score (nSPS) is 29.0. The molecule has 4 fully saturated rings. The second-order valence-electron chi connectivity index (χ2n) is 10.2. The summed E-state index contributed by atoms with van der Waals surface area (Å²) in [6, 6.07) is -2.69. The molecule has 0 aromatic heterocycles. The molecule has 1 aliphatic carbocycles. The molecule has 3 N–H and O–H groups in total. The van der Waals surface area contributed by atoms with Crippen molar-refractivity contribution < 1.29 is 50.6 Å². The number of alkyl halides is 5. The predicted octanol–water partition coefficient (Wildman–Crippen LogP) is 1.45. The lowest BCUT2D eigenvalue weighted by Gasteiger charge is -2.43. The Morgan fingerprint density at radius 3 is 2.33 bits per heavy atom. The molecule has 3 heterocycles. The first-order valence-corrected chi connectivity index (χ1v) is 11.7. The minimum absolute atomic E-state index is 0.0948. The molecule has 1 saturated carbocycles. The molecular weight excluding hydrogens is 497 g/mol. The van der Waals surface area contributed by atoms with E-state index in [1.807, 2.05) is 0 Å². The number of carbonyl (C=O) groups is 4. The third kappa shape index (κ3) is 6.31. The monoisotopic (exact) mass is 527 g/mol. The van der Waals surface area contributed by atoms with Gasteiger partial charge in [0.1, 0.15) is 18.2 Å². The highest BCUT2D eigenvalue weighted by atomic mass is 19.4. The Balaban J connectivity index is 1.69. The van der Waals surface area contributed by atoms with Crippen LogP contribution in [-0.4, -0.2) is 73.7 Å². The number of nitrogens with one attached hydrogen (secondary N) is 3. The Morgan fingerprint density at radius 2 is 1.83 bits per heavy atom. The minimum atomic E-state index is -5.07. The van der Waals surface area contributed by atoms with Crippen LogP contribution < -0.4 is 16.0 Å². The summed E-state index contributed by atoms with van der Waals surface area (Å²) >= 11 is 0. The van der Waals surface area contributed by atoms with E-state index in [1.165, 1.54) is 0 Å². The molecule has 14 heteroatoms. The van der Waals surface area contributed by atoms with Crippen molar-refractivity contribution in [3.8, 4) is 0 Å². The SMILES string of the molecule is CC(C)CC(NC(=O)C12CC(C(F)F)(CO1)C2)C(=O)NC(C[C@@H]1CCNC1=O)C(=O)COC(F)(F)F. The number of rotatable bonds is 12. The zero-order chi connectivity index (χ0) is 26.9. The third-order valence-electron chi connectivity index (χ3n) is 6.88. The molecule has 3 saturated heterocycles. The standard InChI is InChI=1S/C22H30F5N3O6/c1-11(2)5-14(30-19(34)21-8-20(9-21,10-36-21)18(23)24)17(33)29-13(6-12-3-4-28-16(12)32)15(31)7-35-22(25,26)27/h11-14,18H,3-10H2,1-2H3,(H,28,32)(H,29,33)(H,30,34)/t12-,13?,14?,20?,21?/m0/s1. The number of carbonyl (C=O) groups excluding carboxylic acids is 4. The second kappa shape index (κ2) is 10.6. The van der Waals surface area contributed by atoms with Gasteiger partial charge in [0.2, 0.25) is 18.2 Å². The Morgan fingerprint density at radius 1 is 1.17 bits per heavy atom. The van der Waals surface area contributed by atoms with Gasteiger partial charge in [-0.2, -0.15) is 0 Å². The van der Waals surface area contributed by atoms with Gasteiger partial charge in [-0.25, -0.2) is 8.78 Å². The third-order valence-corrected chi connectivity index (χ3v) is 6.88. The maximum Gasteiger partial charge on any atom is 0.522 e. The lowest BCUT2D eigenvalue weighted by molar-refractivity contribution is -0.321. The summed E-state index contributed by atoms with van der Waals surface area (Å²) in [5.41, 5.74) is -2.85. The highest BCUT2D eigenvalue weighted by molar-refractivity contribution is 5.95. The number of ether oxygens (including phenoxy) is 2. The average molecular weight is 527 g/mol. The first-order valence-electron chi connectivity index (χ1n) is 11.7. The van der Waals surface area contributed by atoms with Crippen molar-refractivity contribution in [3.63, 3.8) is 0 Å². The van der Waals surface area contributed by atoms with Crippen molar-refractivity contribution in [2.24, 2.45) is 17.3 Å². The number of Topliss-reactive ketones (excluding diaryl/α,β-unsaturated/α-hetero) is 1. The van der Waals surface area contributed by atoms with E-state index in [2.05, 4.69) is 20.7 Å². The van der Waals surface area contributed by atoms with Gasteiger partial charge in [0, 0.05) is 12.5 Å². The molecule has 3 atom stereocenters. The van der Waals surface area contributed by atoms with Crippen LogP contribution in [0, 0.1) is 17.3 Å². The number of amides is 3. The molecule has 0 radical (unpaired) electrons. The van der Waals surface area contributed by atoms with E-state index in [9.17, 15) is 41.1 Å². The van der Waals surface area contributed by atoms with Crippen molar-refractivity contribution in [1.29, 1.82) is 0 Å². The molecule has 0 aromatic carbocycles. The van der Waals surface area contributed by atoms with E-state index in [4.69, 9.17) is 4.74 Å². The van der Waals surface area contributed by atoms with Crippen LogP contribution in [0.4, 0.5) is 22.0 Å². The molecule has 0 spiro atoms. The molecule has 2 bridgehead atoms. The summed E-state index contributed by atoms with van der Waals surface area (Å²) in [5, 5.41) is 7.42. The first-order chi connectivity index (χ1) is 16.7. The summed E-state index contributed by atoms with van der Waals surface area (Å²) in [7, 11) is 0. The maximum atomic E-state index is 13.3. The lowest BCUT2D eigenvalue weighted by Crippen LogP contribution is -2.61. The molecule has 4 rings (SSSR count). The number of hydrogen-bond donors (Lipinski definition) is 3. The summed E-state index contributed by atoms with van der Waals surface area (Å²) in [6.07, 6.45) is -7.93. The van der Waals surface area contributed by atoms with Gasteiger partial charge in [-0.15, -0.1) is 13.2 Å². The predicted molar refractivity (Wildman–Crippen MR) is 112 cm³/mol. The van der Waals surface area contributed by atoms with Gasteiger partial charge in [-0.1, -0.05) is 13.8 Å². The smallest absolute Gasteiger partial charge is 0.364 e. The van der Waals surface area contributed by atoms with Crippen molar-refractivity contribution >= 4 is 23.5 Å². The second-order valence-corrected chi connectivity index (χ2v) is 10.2. The Kier molecular flexibility index (Phi) is 8.28. The fourth-order valence-electron chi connectivity index (χ4n) is 4.96. The van der Waals surface area contributed by atoms with Gasteiger partial charge in [0.25, 0.3) is 5.91 Å².